The molecule has 0 unspecified atom stereocenters. The topological polar surface area (TPSA) is 97.1 Å². The van der Waals surface area contributed by atoms with Crippen LogP contribution in [0.1, 0.15) is 32.9 Å². The summed E-state index contributed by atoms with van der Waals surface area (Å²) < 4.78 is 6.18. The number of rotatable bonds is 5. The number of furan rings is 1. The van der Waals surface area contributed by atoms with Crippen molar-refractivity contribution in [1.82, 2.24) is 9.97 Å². The number of nitrogens with zero attached hydrogens (tertiary/aromatic N) is 2. The van der Waals surface area contributed by atoms with Gasteiger partial charge in [0.05, 0.1) is 34.2 Å². The summed E-state index contributed by atoms with van der Waals surface area (Å²) in [5, 5.41) is 8.32. The molecular formula is C20H18N4O3S2. The molecular weight excluding hydrogens is 408 g/mol. The predicted octanol–water partition coefficient (Wildman–Crippen LogP) is 4.70. The Labute approximate surface area is 174 Å². The third-order valence-electron chi connectivity index (χ3n) is 4.29. The lowest BCUT2D eigenvalue weighted by molar-refractivity contribution is -0.115. The van der Waals surface area contributed by atoms with E-state index in [4.69, 9.17) is 4.42 Å². The van der Waals surface area contributed by atoms with Gasteiger partial charge < -0.3 is 9.73 Å². The van der Waals surface area contributed by atoms with E-state index in [-0.39, 0.29) is 18.2 Å². The monoisotopic (exact) mass is 426 g/mol. The van der Waals surface area contributed by atoms with E-state index in [1.54, 1.807) is 18.4 Å². The van der Waals surface area contributed by atoms with Crippen LogP contribution in [0.2, 0.25) is 0 Å². The molecule has 0 aliphatic heterocycles. The maximum Gasteiger partial charge on any atom is 0.260 e. The van der Waals surface area contributed by atoms with Crippen LogP contribution in [-0.4, -0.2) is 21.8 Å². The van der Waals surface area contributed by atoms with E-state index in [1.165, 1.54) is 34.5 Å². The first-order chi connectivity index (χ1) is 13.9. The highest BCUT2D eigenvalue weighted by molar-refractivity contribution is 7.22. The normalized spacial score (nSPS) is 11.0. The molecule has 0 saturated heterocycles. The molecule has 2 amide bonds. The van der Waals surface area contributed by atoms with Gasteiger partial charge in [-0.25, -0.2) is 9.97 Å². The number of carbonyl (C=O) groups is 2. The van der Waals surface area contributed by atoms with Gasteiger partial charge in [0.15, 0.2) is 10.3 Å². The van der Waals surface area contributed by atoms with Crippen molar-refractivity contribution < 1.29 is 14.0 Å². The molecule has 0 atom stereocenters. The largest absolute Gasteiger partial charge is 0.469 e. The van der Waals surface area contributed by atoms with Crippen LogP contribution >= 0.6 is 22.7 Å². The summed E-state index contributed by atoms with van der Waals surface area (Å²) in [6, 6.07) is 5.74. The van der Waals surface area contributed by atoms with Crippen molar-refractivity contribution >= 4 is 55.0 Å². The van der Waals surface area contributed by atoms with Gasteiger partial charge in [-0.05, 0) is 44.0 Å². The second-order valence-corrected chi connectivity index (χ2v) is 8.55. The Morgan fingerprint density at radius 3 is 2.69 bits per heavy atom. The molecule has 29 heavy (non-hydrogen) atoms. The van der Waals surface area contributed by atoms with Crippen LogP contribution in [0.5, 0.6) is 0 Å². The van der Waals surface area contributed by atoms with Crippen LogP contribution in [-0.2, 0) is 11.2 Å². The lowest BCUT2D eigenvalue weighted by Crippen LogP contribution is -2.15. The third-order valence-corrected chi connectivity index (χ3v) is 6.02. The number of hydrogen-bond donors (Lipinski definition) is 2. The van der Waals surface area contributed by atoms with Gasteiger partial charge in [-0.3, -0.25) is 14.9 Å². The minimum Gasteiger partial charge on any atom is -0.469 e. The molecule has 2 N–H and O–H groups in total. The zero-order chi connectivity index (χ0) is 20.5. The summed E-state index contributed by atoms with van der Waals surface area (Å²) in [6.07, 6.45) is 1.57. The minimum atomic E-state index is -0.290. The molecule has 0 aliphatic carbocycles. The van der Waals surface area contributed by atoms with Gasteiger partial charge in [0.25, 0.3) is 5.91 Å². The Kier molecular flexibility index (Phi) is 5.16. The number of aryl methyl sites for hydroxylation is 3. The molecule has 3 aromatic heterocycles. The first kappa shape index (κ1) is 19.3. The number of hydrogen-bond acceptors (Lipinski definition) is 7. The molecule has 0 fully saturated rings. The van der Waals surface area contributed by atoms with E-state index in [0.29, 0.717) is 27.3 Å². The van der Waals surface area contributed by atoms with Crippen LogP contribution in [0.4, 0.5) is 10.3 Å². The number of carbonyl (C=O) groups excluding carboxylic acids is 2. The Morgan fingerprint density at radius 1 is 1.10 bits per heavy atom. The minimum absolute atomic E-state index is 0.102. The van der Waals surface area contributed by atoms with Gasteiger partial charge in [-0.1, -0.05) is 17.4 Å². The van der Waals surface area contributed by atoms with Crippen LogP contribution in [0.15, 0.2) is 34.3 Å². The van der Waals surface area contributed by atoms with Gasteiger partial charge in [0, 0.05) is 5.38 Å². The molecule has 0 aliphatic rings. The Morgan fingerprint density at radius 2 is 1.93 bits per heavy atom. The van der Waals surface area contributed by atoms with Crippen molar-refractivity contribution in [2.24, 2.45) is 0 Å². The van der Waals surface area contributed by atoms with E-state index in [2.05, 4.69) is 32.7 Å². The fourth-order valence-corrected chi connectivity index (χ4v) is 4.75. The second-order valence-electron chi connectivity index (χ2n) is 6.66. The molecule has 0 saturated carbocycles. The fourth-order valence-electron chi connectivity index (χ4n) is 2.98. The van der Waals surface area contributed by atoms with E-state index in [9.17, 15) is 9.59 Å². The number of anilines is 2. The quantitative estimate of drug-likeness (QED) is 0.482. The van der Waals surface area contributed by atoms with Gasteiger partial charge in [-0.15, -0.1) is 11.3 Å². The molecule has 0 radical (unpaired) electrons. The maximum atomic E-state index is 12.4. The Bertz CT molecular complexity index is 1220. The maximum absolute atomic E-state index is 12.4. The lowest BCUT2D eigenvalue weighted by atomic mass is 10.1. The molecule has 4 rings (SSSR count). The molecule has 4 aromatic rings. The summed E-state index contributed by atoms with van der Waals surface area (Å²) in [5.41, 5.74) is 4.20. The average molecular weight is 427 g/mol. The van der Waals surface area contributed by atoms with Gasteiger partial charge >= 0.3 is 0 Å². The average Bonchev–Trinajstić information content (AvgIpc) is 3.35. The second kappa shape index (κ2) is 7.76. The molecule has 1 aromatic carbocycles. The first-order valence-corrected chi connectivity index (χ1v) is 10.6. The lowest BCUT2D eigenvalue weighted by Gasteiger charge is -2.00. The van der Waals surface area contributed by atoms with Crippen LogP contribution in [0.3, 0.4) is 0 Å². The highest BCUT2D eigenvalue weighted by Gasteiger charge is 2.15. The van der Waals surface area contributed by atoms with E-state index >= 15 is 0 Å². The Balaban J connectivity index is 1.40. The summed E-state index contributed by atoms with van der Waals surface area (Å²) in [5.74, 6) is 0.0500. The number of nitrogens with one attached hydrogen (secondary N) is 2. The number of aromatic nitrogens is 2. The van der Waals surface area contributed by atoms with Crippen molar-refractivity contribution in [3.05, 3.63) is 58.0 Å². The summed E-state index contributed by atoms with van der Waals surface area (Å²) in [6.45, 7) is 5.77. The molecule has 9 heteroatoms. The van der Waals surface area contributed by atoms with Crippen molar-refractivity contribution in [1.29, 1.82) is 0 Å². The number of benzene rings is 1. The first-order valence-electron chi connectivity index (χ1n) is 8.86. The fraction of sp³-hybridized carbons (Fsp3) is 0.200. The van der Waals surface area contributed by atoms with Gasteiger partial charge in [0.2, 0.25) is 5.91 Å². The predicted molar refractivity (Wildman–Crippen MR) is 115 cm³/mol. The highest BCUT2D eigenvalue weighted by Crippen LogP contribution is 2.29. The molecule has 0 bridgehead atoms. The molecule has 3 heterocycles. The van der Waals surface area contributed by atoms with E-state index in [0.717, 1.165) is 15.8 Å². The number of fused-ring (bicyclic) bond motifs is 1. The summed E-state index contributed by atoms with van der Waals surface area (Å²) in [4.78, 5) is 33.4. The van der Waals surface area contributed by atoms with E-state index < -0.39 is 0 Å². The highest BCUT2D eigenvalue weighted by atomic mass is 32.1. The zero-order valence-corrected chi connectivity index (χ0v) is 17.7. The van der Waals surface area contributed by atoms with Gasteiger partial charge in [0.1, 0.15) is 5.76 Å². The summed E-state index contributed by atoms with van der Waals surface area (Å²) >= 11 is 2.72. The zero-order valence-electron chi connectivity index (χ0n) is 16.0. The molecule has 0 spiro atoms. The van der Waals surface area contributed by atoms with E-state index in [1.807, 2.05) is 13.8 Å². The van der Waals surface area contributed by atoms with Gasteiger partial charge in [-0.2, -0.15) is 0 Å². The molecule has 148 valence electrons. The number of thiazole rings is 2. The van der Waals surface area contributed by atoms with Crippen molar-refractivity contribution in [3.8, 4) is 0 Å². The van der Waals surface area contributed by atoms with Crippen LogP contribution in [0, 0.1) is 20.8 Å². The Hall–Kier alpha value is -3.04. The third kappa shape index (κ3) is 4.20. The van der Waals surface area contributed by atoms with Crippen LogP contribution < -0.4 is 10.6 Å². The standard InChI is InChI=1S/C20H18N4O3S2/c1-10-6-11(2)17-15(7-10)29-20(23-17)22-16(25)8-13-9-28-19(21-13)24-18(26)14-4-5-27-12(14)3/h4-7,9H,8H2,1-3H3,(H,21,24,26)(H,22,23,25). The molecule has 7 nitrogen and oxygen atoms in total. The van der Waals surface area contributed by atoms with Crippen molar-refractivity contribution in [2.45, 2.75) is 27.2 Å². The van der Waals surface area contributed by atoms with Crippen LogP contribution in [0.25, 0.3) is 10.2 Å². The number of amides is 2. The van der Waals surface area contributed by atoms with Crippen molar-refractivity contribution in [3.63, 3.8) is 0 Å². The summed E-state index contributed by atoms with van der Waals surface area (Å²) in [7, 11) is 0. The SMILES string of the molecule is Cc1cc(C)c2nc(NC(=O)Cc3csc(NC(=O)c4ccoc4C)n3)sc2c1. The smallest absolute Gasteiger partial charge is 0.260 e. The van der Waals surface area contributed by atoms with Crippen molar-refractivity contribution in [2.75, 3.05) is 10.6 Å².